The third kappa shape index (κ3) is 6.69. The average Bonchev–Trinajstić information content (AvgIpc) is 2.88. The Balaban J connectivity index is 1.93. The Morgan fingerprint density at radius 3 is 2.44 bits per heavy atom. The minimum absolute atomic E-state index is 0.169. The van der Waals surface area contributed by atoms with Crippen LogP contribution in [0.5, 0.6) is 11.5 Å². The molecule has 2 aromatic carbocycles. The number of nitrogens with one attached hydrogen (secondary N) is 1. The van der Waals surface area contributed by atoms with Crippen LogP contribution in [0.2, 0.25) is 0 Å². The number of carbonyl (C=O) groups excluding carboxylic acids is 2. The number of rotatable bonds is 11. The molecule has 0 spiro atoms. The minimum Gasteiger partial charge on any atom is -0.486 e. The van der Waals surface area contributed by atoms with Crippen LogP contribution in [0.1, 0.15) is 38.3 Å². The lowest BCUT2D eigenvalue weighted by atomic mass is 10.1. The largest absolute Gasteiger partial charge is 0.486 e. The van der Waals surface area contributed by atoms with Gasteiger partial charge in [-0.3, -0.25) is 13.9 Å². The monoisotopic (exact) mass is 517 g/mol. The van der Waals surface area contributed by atoms with Gasteiger partial charge in [0.25, 0.3) is 0 Å². The highest BCUT2D eigenvalue weighted by molar-refractivity contribution is 7.92. The van der Waals surface area contributed by atoms with E-state index in [4.69, 9.17) is 9.47 Å². The van der Waals surface area contributed by atoms with Crippen molar-refractivity contribution in [3.8, 4) is 11.5 Å². The molecule has 0 saturated heterocycles. The number of benzene rings is 2. The number of sulfonamides is 1. The number of nitrogens with zero attached hydrogens (tertiary/aromatic N) is 2. The molecule has 2 amide bonds. The molecule has 0 saturated carbocycles. The minimum atomic E-state index is -3.82. The summed E-state index contributed by atoms with van der Waals surface area (Å²) < 4.78 is 38.4. The van der Waals surface area contributed by atoms with Gasteiger partial charge in [-0.1, -0.05) is 36.8 Å². The molecular weight excluding hydrogens is 482 g/mol. The molecule has 1 atom stereocenters. The van der Waals surface area contributed by atoms with Gasteiger partial charge in [-0.15, -0.1) is 0 Å². The van der Waals surface area contributed by atoms with Crippen LogP contribution in [0.4, 0.5) is 5.69 Å². The van der Waals surface area contributed by atoms with Crippen molar-refractivity contribution >= 4 is 27.5 Å². The summed E-state index contributed by atoms with van der Waals surface area (Å²) in [5.41, 5.74) is 2.17. The molecule has 36 heavy (non-hydrogen) atoms. The quantitative estimate of drug-likeness (QED) is 0.492. The lowest BCUT2D eigenvalue weighted by Crippen LogP contribution is -2.51. The summed E-state index contributed by atoms with van der Waals surface area (Å²) >= 11 is 0. The lowest BCUT2D eigenvalue weighted by molar-refractivity contribution is -0.139. The van der Waals surface area contributed by atoms with Crippen LogP contribution < -0.4 is 19.1 Å². The van der Waals surface area contributed by atoms with Crippen molar-refractivity contribution in [3.05, 3.63) is 53.6 Å². The fourth-order valence-electron chi connectivity index (χ4n) is 3.89. The van der Waals surface area contributed by atoms with E-state index in [1.54, 1.807) is 25.1 Å². The molecule has 0 unspecified atom stereocenters. The molecule has 196 valence electrons. The molecule has 1 N–H and O–H groups in total. The van der Waals surface area contributed by atoms with Crippen molar-refractivity contribution in [2.24, 2.45) is 0 Å². The first-order chi connectivity index (χ1) is 17.2. The van der Waals surface area contributed by atoms with E-state index in [-0.39, 0.29) is 18.2 Å². The van der Waals surface area contributed by atoms with E-state index in [9.17, 15) is 18.0 Å². The zero-order valence-corrected chi connectivity index (χ0v) is 22.1. The highest BCUT2D eigenvalue weighted by Crippen LogP contribution is 2.35. The number of hydrogen-bond donors (Lipinski definition) is 1. The summed E-state index contributed by atoms with van der Waals surface area (Å²) in [6, 6.07) is 11.7. The van der Waals surface area contributed by atoms with E-state index in [1.165, 1.54) is 11.8 Å². The highest BCUT2D eigenvalue weighted by Gasteiger charge is 2.31. The molecule has 0 aliphatic carbocycles. The van der Waals surface area contributed by atoms with E-state index in [0.717, 1.165) is 21.9 Å². The molecule has 2 aromatic rings. The zero-order valence-electron chi connectivity index (χ0n) is 21.3. The maximum absolute atomic E-state index is 13.7. The molecule has 1 heterocycles. The molecule has 10 heteroatoms. The molecule has 9 nitrogen and oxygen atoms in total. The third-order valence-corrected chi connectivity index (χ3v) is 7.69. The summed E-state index contributed by atoms with van der Waals surface area (Å²) in [5.74, 6) is -0.0253. The van der Waals surface area contributed by atoms with Crippen molar-refractivity contribution in [1.82, 2.24) is 10.2 Å². The van der Waals surface area contributed by atoms with Gasteiger partial charge in [0.2, 0.25) is 21.8 Å². The number of fused-ring (bicyclic) bond motifs is 1. The first-order valence-electron chi connectivity index (χ1n) is 12.2. The van der Waals surface area contributed by atoms with Crippen LogP contribution in [-0.4, -0.2) is 63.2 Å². The van der Waals surface area contributed by atoms with Crippen LogP contribution in [0.15, 0.2) is 42.5 Å². The fraction of sp³-hybridized carbons (Fsp3) is 0.462. The lowest BCUT2D eigenvalue weighted by Gasteiger charge is -2.32. The topological polar surface area (TPSA) is 105 Å². The van der Waals surface area contributed by atoms with Crippen molar-refractivity contribution in [2.45, 2.75) is 46.7 Å². The van der Waals surface area contributed by atoms with Crippen LogP contribution in [-0.2, 0) is 26.2 Å². The van der Waals surface area contributed by atoms with Crippen LogP contribution in [0, 0.1) is 6.92 Å². The molecule has 0 aromatic heterocycles. The molecule has 0 bridgehead atoms. The predicted molar refractivity (Wildman–Crippen MR) is 139 cm³/mol. The second-order valence-corrected chi connectivity index (χ2v) is 10.9. The third-order valence-electron chi connectivity index (χ3n) is 5.95. The Kier molecular flexibility index (Phi) is 9.19. The number of aryl methyl sites for hydroxylation is 1. The van der Waals surface area contributed by atoms with Gasteiger partial charge >= 0.3 is 0 Å². The molecule has 1 aliphatic rings. The number of hydrogen-bond acceptors (Lipinski definition) is 6. The van der Waals surface area contributed by atoms with Gasteiger partial charge in [-0.25, -0.2) is 8.42 Å². The van der Waals surface area contributed by atoms with Crippen molar-refractivity contribution < 1.29 is 27.5 Å². The molecule has 3 rings (SSSR count). The standard InChI is InChI=1S/C26H35N3O6S/c1-5-12-27-26(31)20(4)28(17-21-9-7-8-19(3)15-21)25(30)18-29(36(32,33)6-2)22-10-11-23-24(16-22)35-14-13-34-23/h7-11,15-16,20H,5-6,12-14,17-18H2,1-4H3,(H,27,31)/t20-/m0/s1. The van der Waals surface area contributed by atoms with E-state index in [1.807, 2.05) is 38.1 Å². The van der Waals surface area contributed by atoms with E-state index in [2.05, 4.69) is 5.32 Å². The molecule has 0 fully saturated rings. The number of ether oxygens (including phenoxy) is 2. The Labute approximate surface area is 213 Å². The Bertz CT molecular complexity index is 1180. The van der Waals surface area contributed by atoms with Crippen LogP contribution in [0.25, 0.3) is 0 Å². The van der Waals surface area contributed by atoms with E-state index >= 15 is 0 Å². The second-order valence-electron chi connectivity index (χ2n) is 8.71. The Morgan fingerprint density at radius 1 is 1.06 bits per heavy atom. The van der Waals surface area contributed by atoms with Gasteiger partial charge in [0, 0.05) is 19.2 Å². The highest BCUT2D eigenvalue weighted by atomic mass is 32.2. The number of anilines is 1. The molecular formula is C26H35N3O6S. The number of carbonyl (C=O) groups is 2. The normalized spacial score (nSPS) is 13.6. The summed E-state index contributed by atoms with van der Waals surface area (Å²) in [7, 11) is -3.82. The van der Waals surface area contributed by atoms with Crippen molar-refractivity contribution in [1.29, 1.82) is 0 Å². The summed E-state index contributed by atoms with van der Waals surface area (Å²) in [4.78, 5) is 27.9. The van der Waals surface area contributed by atoms with Gasteiger partial charge in [0.15, 0.2) is 11.5 Å². The smallest absolute Gasteiger partial charge is 0.244 e. The van der Waals surface area contributed by atoms with Gasteiger partial charge in [-0.05, 0) is 44.9 Å². The fourth-order valence-corrected chi connectivity index (χ4v) is 4.95. The maximum atomic E-state index is 13.7. The Hall–Kier alpha value is -3.27. The van der Waals surface area contributed by atoms with E-state index in [0.29, 0.717) is 36.9 Å². The Morgan fingerprint density at radius 2 is 1.78 bits per heavy atom. The van der Waals surface area contributed by atoms with Crippen LogP contribution in [0.3, 0.4) is 0 Å². The summed E-state index contributed by atoms with van der Waals surface area (Å²) in [6.45, 7) is 8.04. The first-order valence-corrected chi connectivity index (χ1v) is 13.8. The first kappa shape index (κ1) is 27.3. The van der Waals surface area contributed by atoms with E-state index < -0.39 is 28.5 Å². The zero-order chi connectivity index (χ0) is 26.3. The van der Waals surface area contributed by atoms with Gasteiger partial charge in [0.05, 0.1) is 11.4 Å². The maximum Gasteiger partial charge on any atom is 0.244 e. The summed E-state index contributed by atoms with van der Waals surface area (Å²) in [5, 5.41) is 2.83. The second kappa shape index (κ2) is 12.1. The predicted octanol–water partition coefficient (Wildman–Crippen LogP) is 2.87. The van der Waals surface area contributed by atoms with Gasteiger partial charge < -0.3 is 19.7 Å². The molecule has 0 radical (unpaired) electrons. The average molecular weight is 518 g/mol. The van der Waals surface area contributed by atoms with Crippen LogP contribution >= 0.6 is 0 Å². The molecule has 1 aliphatic heterocycles. The van der Waals surface area contributed by atoms with Crippen molar-refractivity contribution in [2.75, 3.05) is 36.4 Å². The number of amides is 2. The van der Waals surface area contributed by atoms with Gasteiger partial charge in [0.1, 0.15) is 25.8 Å². The summed E-state index contributed by atoms with van der Waals surface area (Å²) in [6.07, 6.45) is 0.761. The van der Waals surface area contributed by atoms with Crippen molar-refractivity contribution in [3.63, 3.8) is 0 Å². The van der Waals surface area contributed by atoms with Gasteiger partial charge in [-0.2, -0.15) is 0 Å². The SMILES string of the molecule is CCCNC(=O)[C@H](C)N(Cc1cccc(C)c1)C(=O)CN(c1ccc2c(c1)OCCO2)S(=O)(=O)CC.